The van der Waals surface area contributed by atoms with Crippen molar-refractivity contribution in [3.05, 3.63) is 95.1 Å². The maximum absolute atomic E-state index is 12.8. The second-order valence-electron chi connectivity index (χ2n) is 12.3. The van der Waals surface area contributed by atoms with Gasteiger partial charge < -0.3 is 14.0 Å². The van der Waals surface area contributed by atoms with Crippen molar-refractivity contribution in [2.75, 3.05) is 0 Å². The highest BCUT2D eigenvalue weighted by molar-refractivity contribution is 7.87. The van der Waals surface area contributed by atoms with Crippen molar-refractivity contribution in [1.82, 2.24) is 15.0 Å². The number of benzene rings is 3. The smallest absolute Gasteiger partial charge is 0.479 e. The maximum atomic E-state index is 12.8. The Balaban J connectivity index is 1.42. The van der Waals surface area contributed by atoms with E-state index in [0.717, 1.165) is 21.9 Å². The van der Waals surface area contributed by atoms with Gasteiger partial charge >= 0.3 is 21.6 Å². The Morgan fingerprint density at radius 3 is 2.26 bits per heavy atom. The third-order valence-corrected chi connectivity index (χ3v) is 9.81. The third kappa shape index (κ3) is 7.15. The van der Waals surface area contributed by atoms with Crippen LogP contribution >= 0.6 is 22.9 Å². The fraction of sp³-hybridized carbons (Fsp3) is 0.200. The van der Waals surface area contributed by atoms with Gasteiger partial charge in [-0.25, -0.2) is 14.8 Å². The normalized spacial score (nSPS) is 13.1. The molecule has 0 saturated heterocycles. The molecular formula is C35H27ClF3N3O6S2. The summed E-state index contributed by atoms with van der Waals surface area (Å²) in [5.74, 6) is -1.84. The van der Waals surface area contributed by atoms with Crippen molar-refractivity contribution in [3.8, 4) is 38.8 Å². The number of ether oxygens (including phenoxy) is 1. The fourth-order valence-corrected chi connectivity index (χ4v) is 7.02. The van der Waals surface area contributed by atoms with E-state index in [2.05, 4.69) is 14.2 Å². The number of fused-ring (bicyclic) bond motifs is 2. The molecule has 0 fully saturated rings. The highest BCUT2D eigenvalue weighted by Crippen LogP contribution is 2.44. The van der Waals surface area contributed by atoms with Gasteiger partial charge in [0.05, 0.1) is 27.0 Å². The largest absolute Gasteiger partial charge is 0.534 e. The Bertz CT molecular complexity index is 2390. The zero-order chi connectivity index (χ0) is 36.2. The van der Waals surface area contributed by atoms with Gasteiger partial charge in [0.25, 0.3) is 0 Å². The molecule has 258 valence electrons. The molecule has 3 aromatic heterocycles. The van der Waals surface area contributed by atoms with Gasteiger partial charge in [-0.2, -0.15) is 21.6 Å². The summed E-state index contributed by atoms with van der Waals surface area (Å²) in [5, 5.41) is 12.0. The van der Waals surface area contributed by atoms with Crippen LogP contribution in [0.15, 0.2) is 79.0 Å². The van der Waals surface area contributed by atoms with Crippen LogP contribution in [0.1, 0.15) is 38.0 Å². The second kappa shape index (κ2) is 12.9. The van der Waals surface area contributed by atoms with Crippen molar-refractivity contribution < 1.29 is 40.4 Å². The molecular weight excluding hydrogens is 715 g/mol. The number of hydrogen-bond acceptors (Lipinski definition) is 9. The van der Waals surface area contributed by atoms with E-state index < -0.39 is 39.2 Å². The second-order valence-corrected chi connectivity index (χ2v) is 15.2. The number of aliphatic carboxylic acids is 1. The molecule has 1 atom stereocenters. The first-order valence-electron chi connectivity index (χ1n) is 14.9. The van der Waals surface area contributed by atoms with Crippen LogP contribution in [0.25, 0.3) is 54.1 Å². The van der Waals surface area contributed by atoms with Gasteiger partial charge in [-0.3, -0.25) is 4.98 Å². The summed E-state index contributed by atoms with van der Waals surface area (Å²) in [5.41, 5.74) is -0.879. The zero-order valence-corrected chi connectivity index (χ0v) is 29.1. The van der Waals surface area contributed by atoms with Crippen LogP contribution in [0.3, 0.4) is 0 Å². The number of halogens is 4. The van der Waals surface area contributed by atoms with E-state index in [-0.39, 0.29) is 5.52 Å². The lowest BCUT2D eigenvalue weighted by Gasteiger charge is -2.28. The SMILES string of the molecule is Cc1cc2nc(-c3ccnc(-c4ccc5nc(OS(=O)(=O)C(F)(F)F)ccc5c4)c3)sc2c(-c2ccc(Cl)cc2)c1C(OC(C)(C)C)C(=O)O. The number of alkyl halides is 3. The van der Waals surface area contributed by atoms with E-state index >= 15 is 0 Å². The molecule has 0 spiro atoms. The first kappa shape index (κ1) is 35.2. The van der Waals surface area contributed by atoms with Crippen LogP contribution in [0.5, 0.6) is 5.88 Å². The number of carboxylic acid groups (broad SMARTS) is 1. The van der Waals surface area contributed by atoms with Crippen LogP contribution in [-0.2, 0) is 19.6 Å². The summed E-state index contributed by atoms with van der Waals surface area (Å²) in [6, 6.07) is 19.9. The van der Waals surface area contributed by atoms with E-state index in [9.17, 15) is 31.5 Å². The van der Waals surface area contributed by atoms with Crippen molar-refractivity contribution in [2.24, 2.45) is 0 Å². The topological polar surface area (TPSA) is 129 Å². The van der Waals surface area contributed by atoms with Crippen LogP contribution in [0.4, 0.5) is 13.2 Å². The molecule has 0 saturated carbocycles. The van der Waals surface area contributed by atoms with Crippen LogP contribution in [-0.4, -0.2) is 45.6 Å². The minimum absolute atomic E-state index is 0.210. The summed E-state index contributed by atoms with van der Waals surface area (Å²) < 4.78 is 72.1. The standard InChI is InChI=1S/C35H27ClF3N3O6S2/c1-18-15-26-31(29(19-5-9-23(36)10-6-19)28(18)30(33(43)44)47-34(2,3)4)49-32(42-26)22-13-14-40-25(17-22)21-7-11-24-20(16-21)8-12-27(41-24)48-50(45,46)35(37,38)39/h5-17,30H,1-4H3,(H,43,44). The number of aromatic nitrogens is 3. The molecule has 0 bridgehead atoms. The minimum atomic E-state index is -5.87. The predicted molar refractivity (Wildman–Crippen MR) is 186 cm³/mol. The number of thiazole rings is 1. The van der Waals surface area contributed by atoms with E-state index in [1.807, 2.05) is 31.2 Å². The molecule has 15 heteroatoms. The Hall–Kier alpha value is -4.63. The molecule has 0 aliphatic carbocycles. The van der Waals surface area contributed by atoms with E-state index in [0.29, 0.717) is 48.9 Å². The van der Waals surface area contributed by atoms with Crippen molar-refractivity contribution in [3.63, 3.8) is 0 Å². The predicted octanol–water partition coefficient (Wildman–Crippen LogP) is 9.37. The average molecular weight is 742 g/mol. The van der Waals surface area contributed by atoms with Gasteiger partial charge in [-0.05, 0) is 87.4 Å². The molecule has 6 rings (SSSR count). The van der Waals surface area contributed by atoms with Crippen LogP contribution in [0, 0.1) is 6.92 Å². The summed E-state index contributed by atoms with van der Waals surface area (Å²) >= 11 is 7.60. The van der Waals surface area contributed by atoms with Gasteiger partial charge in [0, 0.05) is 44.9 Å². The Morgan fingerprint density at radius 2 is 1.60 bits per heavy atom. The molecule has 9 nitrogen and oxygen atoms in total. The summed E-state index contributed by atoms with van der Waals surface area (Å²) in [7, 11) is -5.87. The Morgan fingerprint density at radius 1 is 0.900 bits per heavy atom. The molecule has 0 amide bonds. The van der Waals surface area contributed by atoms with Crippen LogP contribution < -0.4 is 4.18 Å². The first-order chi connectivity index (χ1) is 23.4. The zero-order valence-electron chi connectivity index (χ0n) is 26.7. The van der Waals surface area contributed by atoms with Crippen LogP contribution in [0.2, 0.25) is 5.02 Å². The highest BCUT2D eigenvalue weighted by atomic mass is 35.5. The van der Waals surface area contributed by atoms with Gasteiger partial charge in [0.1, 0.15) is 5.01 Å². The summed E-state index contributed by atoms with van der Waals surface area (Å²) in [4.78, 5) is 26.0. The Labute approximate surface area is 293 Å². The molecule has 0 aliphatic rings. The Kier molecular flexibility index (Phi) is 9.10. The summed E-state index contributed by atoms with van der Waals surface area (Å²) in [6.07, 6.45) is 0.356. The fourth-order valence-electron chi connectivity index (χ4n) is 5.36. The first-order valence-corrected chi connectivity index (χ1v) is 17.5. The molecule has 3 aromatic carbocycles. The quantitative estimate of drug-likeness (QED) is 0.120. The number of hydrogen-bond donors (Lipinski definition) is 1. The molecule has 0 aliphatic heterocycles. The van der Waals surface area contributed by atoms with Gasteiger partial charge in [0.15, 0.2) is 6.10 Å². The molecule has 6 aromatic rings. The lowest BCUT2D eigenvalue weighted by atomic mass is 9.91. The summed E-state index contributed by atoms with van der Waals surface area (Å²) in [6.45, 7) is 7.23. The minimum Gasteiger partial charge on any atom is -0.479 e. The van der Waals surface area contributed by atoms with E-state index in [4.69, 9.17) is 21.3 Å². The lowest BCUT2D eigenvalue weighted by Crippen LogP contribution is -2.28. The van der Waals surface area contributed by atoms with Gasteiger partial charge in [0.2, 0.25) is 5.88 Å². The number of pyridine rings is 2. The van der Waals surface area contributed by atoms with Gasteiger partial charge in [-0.15, -0.1) is 11.3 Å². The van der Waals surface area contributed by atoms with Crippen molar-refractivity contribution in [1.29, 1.82) is 0 Å². The number of carboxylic acids is 1. The molecule has 0 radical (unpaired) electrons. The van der Waals surface area contributed by atoms with E-state index in [1.54, 1.807) is 57.3 Å². The number of rotatable bonds is 8. The van der Waals surface area contributed by atoms with Crippen molar-refractivity contribution in [2.45, 2.75) is 44.9 Å². The monoisotopic (exact) mass is 741 g/mol. The van der Waals surface area contributed by atoms with E-state index in [1.165, 1.54) is 23.5 Å². The molecule has 3 heterocycles. The average Bonchev–Trinajstić information content (AvgIpc) is 3.46. The maximum Gasteiger partial charge on any atom is 0.534 e. The molecule has 1 unspecified atom stereocenters. The molecule has 1 N–H and O–H groups in total. The third-order valence-electron chi connectivity index (χ3n) is 7.46. The number of nitrogens with zero attached hydrogens (tertiary/aromatic N) is 3. The van der Waals surface area contributed by atoms with Gasteiger partial charge in [-0.1, -0.05) is 29.8 Å². The highest BCUT2D eigenvalue weighted by Gasteiger charge is 2.48. The number of aryl methyl sites for hydroxylation is 1. The number of carbonyl (C=O) groups is 1. The molecule has 50 heavy (non-hydrogen) atoms. The van der Waals surface area contributed by atoms with Crippen molar-refractivity contribution >= 4 is 60.1 Å². The lowest BCUT2D eigenvalue weighted by molar-refractivity contribution is -0.160.